The molecule has 3 aromatic rings. The third kappa shape index (κ3) is 6.74. The number of nitrogens with one attached hydrogen (secondary N) is 1. The fourth-order valence-electron chi connectivity index (χ4n) is 4.24. The van der Waals surface area contributed by atoms with Gasteiger partial charge in [0.25, 0.3) is 0 Å². The van der Waals surface area contributed by atoms with E-state index in [2.05, 4.69) is 75.6 Å². The van der Waals surface area contributed by atoms with Crippen molar-refractivity contribution in [3.63, 3.8) is 0 Å². The summed E-state index contributed by atoms with van der Waals surface area (Å²) in [5.41, 5.74) is 6.48. The number of hydrogen-bond donors (Lipinski definition) is 1. The van der Waals surface area contributed by atoms with E-state index in [9.17, 15) is 4.79 Å². The van der Waals surface area contributed by atoms with Crippen LogP contribution in [0.4, 0.5) is 11.4 Å². The molecule has 6 nitrogen and oxygen atoms in total. The van der Waals surface area contributed by atoms with E-state index in [0.29, 0.717) is 6.54 Å². The normalized spacial score (nSPS) is 14.8. The van der Waals surface area contributed by atoms with Crippen LogP contribution in [0.15, 0.2) is 70.6 Å². The summed E-state index contributed by atoms with van der Waals surface area (Å²) >= 11 is 1.65. The molecule has 0 bridgehead atoms. The lowest BCUT2D eigenvalue weighted by molar-refractivity contribution is -0.117. The van der Waals surface area contributed by atoms with E-state index in [1.165, 1.54) is 16.8 Å². The number of aryl methyl sites for hydroxylation is 1. The van der Waals surface area contributed by atoms with Gasteiger partial charge in [-0.25, -0.2) is 4.99 Å². The second-order valence-electron chi connectivity index (χ2n) is 9.05. The average molecular weight is 505 g/mol. The number of thiazole rings is 1. The van der Waals surface area contributed by atoms with Crippen LogP contribution in [-0.4, -0.2) is 43.3 Å². The average Bonchev–Trinajstić information content (AvgIpc) is 3.30. The highest BCUT2D eigenvalue weighted by Crippen LogP contribution is 2.25. The van der Waals surface area contributed by atoms with Crippen LogP contribution in [0.3, 0.4) is 0 Å². The van der Waals surface area contributed by atoms with E-state index in [4.69, 9.17) is 9.73 Å². The quantitative estimate of drug-likeness (QED) is 0.311. The second kappa shape index (κ2) is 12.7. The molecule has 1 aromatic heterocycles. The summed E-state index contributed by atoms with van der Waals surface area (Å²) in [5.74, 6) is 0.00987. The molecule has 1 N–H and O–H groups in total. The van der Waals surface area contributed by atoms with Crippen LogP contribution in [0.5, 0.6) is 0 Å². The van der Waals surface area contributed by atoms with Crippen LogP contribution >= 0.6 is 11.3 Å². The summed E-state index contributed by atoms with van der Waals surface area (Å²) < 4.78 is 7.76. The van der Waals surface area contributed by atoms with Crippen molar-refractivity contribution in [3.05, 3.63) is 75.9 Å². The fraction of sp³-hybridized carbons (Fsp3) is 0.379. The Morgan fingerprint density at radius 3 is 2.53 bits per heavy atom. The number of hydrogen-bond acceptors (Lipinski definition) is 5. The number of aromatic nitrogens is 1. The fourth-order valence-corrected chi connectivity index (χ4v) is 5.19. The van der Waals surface area contributed by atoms with E-state index in [1.54, 1.807) is 11.3 Å². The lowest BCUT2D eigenvalue weighted by Gasteiger charge is -2.28. The second-order valence-corrected chi connectivity index (χ2v) is 9.89. The van der Waals surface area contributed by atoms with E-state index >= 15 is 0 Å². The van der Waals surface area contributed by atoms with Crippen LogP contribution < -0.4 is 15.0 Å². The number of ether oxygens (including phenoxy) is 1. The number of amides is 1. The van der Waals surface area contributed by atoms with E-state index in [1.807, 2.05) is 19.9 Å². The van der Waals surface area contributed by atoms with Crippen LogP contribution in [0.2, 0.25) is 0 Å². The van der Waals surface area contributed by atoms with Gasteiger partial charge in [0.15, 0.2) is 4.80 Å². The molecule has 2 aromatic carbocycles. The number of carbonyl (C=O) groups excluding carboxylic acids is 1. The van der Waals surface area contributed by atoms with Crippen LogP contribution in [0.25, 0.3) is 11.3 Å². The molecule has 2 heterocycles. The molecule has 1 saturated heterocycles. The molecule has 190 valence electrons. The molecule has 36 heavy (non-hydrogen) atoms. The van der Waals surface area contributed by atoms with Gasteiger partial charge in [0.1, 0.15) is 0 Å². The standard InChI is InChI=1S/C29H36N4O2S/c1-4-6-23(3)28(34)30-15-5-16-33-27(21-36-29(33)31-25-11-7-22(2)8-12-25)24-9-13-26(14-10-24)32-17-19-35-20-18-32/h6-14,21H,4-5,15-20H2,1-3H3,(H,30,34)/b23-6+,31-29?. The topological polar surface area (TPSA) is 58.9 Å². The summed E-state index contributed by atoms with van der Waals surface area (Å²) in [5, 5.41) is 5.23. The minimum atomic E-state index is 0.00987. The maximum Gasteiger partial charge on any atom is 0.246 e. The number of allylic oxidation sites excluding steroid dienone is 1. The minimum absolute atomic E-state index is 0.00987. The zero-order valence-corrected chi connectivity index (χ0v) is 22.3. The van der Waals surface area contributed by atoms with Gasteiger partial charge in [-0.3, -0.25) is 4.79 Å². The highest BCUT2D eigenvalue weighted by atomic mass is 32.1. The summed E-state index contributed by atoms with van der Waals surface area (Å²) in [6.07, 6.45) is 3.64. The SMILES string of the molecule is CC/C=C(\C)C(=O)NCCCn1c(-c2ccc(N3CCOCC3)cc2)csc1=Nc1ccc(C)cc1. The third-order valence-electron chi connectivity index (χ3n) is 6.31. The van der Waals surface area contributed by atoms with Gasteiger partial charge >= 0.3 is 0 Å². The summed E-state index contributed by atoms with van der Waals surface area (Å²) in [7, 11) is 0. The Kier molecular flexibility index (Phi) is 9.14. The van der Waals surface area contributed by atoms with Gasteiger partial charge in [-0.15, -0.1) is 11.3 Å². The molecule has 0 atom stereocenters. The summed E-state index contributed by atoms with van der Waals surface area (Å²) in [6.45, 7) is 10.8. The van der Waals surface area contributed by atoms with Gasteiger partial charge in [-0.05, 0) is 56.5 Å². The van der Waals surface area contributed by atoms with Crippen LogP contribution in [0.1, 0.15) is 32.3 Å². The molecular weight excluding hydrogens is 468 g/mol. The van der Waals surface area contributed by atoms with Crippen molar-refractivity contribution in [2.24, 2.45) is 4.99 Å². The first-order chi connectivity index (χ1) is 17.5. The number of anilines is 1. The third-order valence-corrected chi connectivity index (χ3v) is 7.17. The predicted molar refractivity (Wildman–Crippen MR) is 149 cm³/mol. The van der Waals surface area contributed by atoms with E-state index < -0.39 is 0 Å². The van der Waals surface area contributed by atoms with Crippen LogP contribution in [-0.2, 0) is 16.1 Å². The Morgan fingerprint density at radius 1 is 1.11 bits per heavy atom. The Morgan fingerprint density at radius 2 is 1.83 bits per heavy atom. The zero-order valence-electron chi connectivity index (χ0n) is 21.5. The Labute approximate surface area is 218 Å². The van der Waals surface area contributed by atoms with Crippen molar-refractivity contribution in [3.8, 4) is 11.3 Å². The largest absolute Gasteiger partial charge is 0.378 e. The Hall–Kier alpha value is -3.16. The first-order valence-electron chi connectivity index (χ1n) is 12.7. The molecular formula is C29H36N4O2S. The Balaban J connectivity index is 1.56. The van der Waals surface area contributed by atoms with Gasteiger partial charge in [0.05, 0.1) is 24.6 Å². The lowest BCUT2D eigenvalue weighted by atomic mass is 10.1. The molecule has 4 rings (SSSR count). The number of carbonyl (C=O) groups is 1. The zero-order chi connectivity index (χ0) is 25.3. The van der Waals surface area contributed by atoms with E-state index in [0.717, 1.165) is 67.4 Å². The highest BCUT2D eigenvalue weighted by Gasteiger charge is 2.13. The van der Waals surface area contributed by atoms with Crippen molar-refractivity contribution in [2.75, 3.05) is 37.7 Å². The van der Waals surface area contributed by atoms with Gasteiger partial charge in [0, 0.05) is 42.8 Å². The molecule has 0 radical (unpaired) electrons. The molecule has 0 spiro atoms. The molecule has 1 fully saturated rings. The maximum atomic E-state index is 12.3. The smallest absolute Gasteiger partial charge is 0.246 e. The van der Waals surface area contributed by atoms with E-state index in [-0.39, 0.29) is 5.91 Å². The first kappa shape index (κ1) is 25.9. The number of nitrogens with zero attached hydrogens (tertiary/aromatic N) is 3. The molecule has 0 aliphatic carbocycles. The van der Waals surface area contributed by atoms with Crippen molar-refractivity contribution in [2.45, 2.75) is 40.2 Å². The number of rotatable bonds is 9. The predicted octanol–water partition coefficient (Wildman–Crippen LogP) is 5.46. The minimum Gasteiger partial charge on any atom is -0.378 e. The molecule has 1 aliphatic rings. The molecule has 1 aliphatic heterocycles. The van der Waals surface area contributed by atoms with Gasteiger partial charge in [-0.1, -0.05) is 42.8 Å². The molecule has 0 unspecified atom stereocenters. The van der Waals surface area contributed by atoms with Gasteiger partial charge in [-0.2, -0.15) is 0 Å². The van der Waals surface area contributed by atoms with Gasteiger partial charge in [0.2, 0.25) is 5.91 Å². The maximum absolute atomic E-state index is 12.3. The van der Waals surface area contributed by atoms with Gasteiger partial charge < -0.3 is 19.5 Å². The highest BCUT2D eigenvalue weighted by molar-refractivity contribution is 7.07. The number of benzene rings is 2. The van der Waals surface area contributed by atoms with Crippen LogP contribution in [0, 0.1) is 6.92 Å². The number of morpholine rings is 1. The molecule has 1 amide bonds. The summed E-state index contributed by atoms with van der Waals surface area (Å²) in [4.78, 5) is 20.5. The summed E-state index contributed by atoms with van der Waals surface area (Å²) in [6, 6.07) is 17.1. The van der Waals surface area contributed by atoms with Crippen molar-refractivity contribution < 1.29 is 9.53 Å². The first-order valence-corrected chi connectivity index (χ1v) is 13.6. The monoisotopic (exact) mass is 504 g/mol. The Bertz CT molecular complexity index is 1230. The van der Waals surface area contributed by atoms with Crippen molar-refractivity contribution in [1.82, 2.24) is 9.88 Å². The lowest BCUT2D eigenvalue weighted by Crippen LogP contribution is -2.36. The van der Waals surface area contributed by atoms with Crippen molar-refractivity contribution in [1.29, 1.82) is 0 Å². The molecule has 0 saturated carbocycles. The van der Waals surface area contributed by atoms with Crippen molar-refractivity contribution >= 4 is 28.6 Å². The molecule has 7 heteroatoms.